The van der Waals surface area contributed by atoms with Gasteiger partial charge in [-0.15, -0.1) is 0 Å². The first kappa shape index (κ1) is 14.2. The topological polar surface area (TPSA) is 30.5 Å². The van der Waals surface area contributed by atoms with E-state index < -0.39 is 13.0 Å². The molecule has 0 aliphatic heterocycles. The number of halogens is 2. The second-order valence-electron chi connectivity index (χ2n) is 4.58. The molecule has 5 heteroatoms. The fourth-order valence-corrected chi connectivity index (χ4v) is 1.72. The van der Waals surface area contributed by atoms with Crippen LogP contribution in [0.5, 0.6) is 5.75 Å². The van der Waals surface area contributed by atoms with Crippen LogP contribution in [0.1, 0.15) is 18.4 Å². The summed E-state index contributed by atoms with van der Waals surface area (Å²) in [6.07, 6.45) is 0.0599. The largest absolute Gasteiger partial charge is 0.491 e. The molecule has 106 valence electrons. The maximum absolute atomic E-state index is 11.9. The third-order valence-electron chi connectivity index (χ3n) is 2.86. The highest BCUT2D eigenvalue weighted by molar-refractivity contribution is 5.33. The van der Waals surface area contributed by atoms with Crippen LogP contribution >= 0.6 is 0 Å². The molecule has 0 spiro atoms. The summed E-state index contributed by atoms with van der Waals surface area (Å²) in [5.41, 5.74) is 1.09. The summed E-state index contributed by atoms with van der Waals surface area (Å²) in [5.74, 6) is 0.788. The first-order valence-electron chi connectivity index (χ1n) is 6.55. The Morgan fingerprint density at radius 1 is 1.21 bits per heavy atom. The van der Waals surface area contributed by atoms with Gasteiger partial charge in [0.2, 0.25) is 0 Å². The molecule has 1 aromatic carbocycles. The average Bonchev–Trinajstić information content (AvgIpc) is 3.21. The summed E-state index contributed by atoms with van der Waals surface area (Å²) in [6.45, 7) is 0.703. The van der Waals surface area contributed by atoms with Crippen LogP contribution in [0.25, 0.3) is 0 Å². The van der Waals surface area contributed by atoms with Crippen LogP contribution in [-0.4, -0.2) is 32.3 Å². The number of para-hydroxylation sites is 1. The molecule has 1 N–H and O–H groups in total. The van der Waals surface area contributed by atoms with E-state index in [9.17, 15) is 8.78 Å². The van der Waals surface area contributed by atoms with Crippen LogP contribution in [0.3, 0.4) is 0 Å². The van der Waals surface area contributed by atoms with Gasteiger partial charge in [0.15, 0.2) is 0 Å². The highest BCUT2D eigenvalue weighted by atomic mass is 19.3. The summed E-state index contributed by atoms with van der Waals surface area (Å²) in [6, 6.07) is 8.39. The van der Waals surface area contributed by atoms with Crippen LogP contribution in [0.4, 0.5) is 8.78 Å². The van der Waals surface area contributed by atoms with Gasteiger partial charge >= 0.3 is 0 Å². The third-order valence-corrected chi connectivity index (χ3v) is 2.86. The van der Waals surface area contributed by atoms with Gasteiger partial charge in [0, 0.05) is 18.2 Å². The summed E-state index contributed by atoms with van der Waals surface area (Å²) < 4.78 is 34.1. The standard InChI is InChI=1S/C14H19F2NO2/c15-14(16)10-18-7-8-19-13-4-2-1-3-11(13)9-17-12-5-6-12/h1-4,12,14,17H,5-10H2. The van der Waals surface area contributed by atoms with E-state index in [2.05, 4.69) is 5.32 Å². The molecule has 1 aliphatic rings. The van der Waals surface area contributed by atoms with Gasteiger partial charge in [0.05, 0.1) is 6.61 Å². The Balaban J connectivity index is 1.71. The Kier molecular flexibility index (Phi) is 5.54. The molecule has 0 amide bonds. The van der Waals surface area contributed by atoms with Gasteiger partial charge in [-0.2, -0.15) is 0 Å². The Morgan fingerprint density at radius 3 is 2.74 bits per heavy atom. The first-order valence-corrected chi connectivity index (χ1v) is 6.55. The van der Waals surface area contributed by atoms with E-state index in [0.29, 0.717) is 6.04 Å². The van der Waals surface area contributed by atoms with Crippen LogP contribution in [0.15, 0.2) is 24.3 Å². The van der Waals surface area contributed by atoms with Crippen molar-refractivity contribution in [2.45, 2.75) is 31.9 Å². The van der Waals surface area contributed by atoms with Crippen molar-refractivity contribution in [1.82, 2.24) is 5.32 Å². The number of hydrogen-bond acceptors (Lipinski definition) is 3. The molecule has 2 rings (SSSR count). The van der Waals surface area contributed by atoms with Crippen LogP contribution in [-0.2, 0) is 11.3 Å². The molecule has 0 unspecified atom stereocenters. The zero-order chi connectivity index (χ0) is 13.5. The number of benzene rings is 1. The second kappa shape index (κ2) is 7.40. The highest BCUT2D eigenvalue weighted by Gasteiger charge is 2.20. The molecule has 0 atom stereocenters. The van der Waals surface area contributed by atoms with Crippen molar-refractivity contribution < 1.29 is 18.3 Å². The first-order chi connectivity index (χ1) is 9.25. The minimum absolute atomic E-state index is 0.175. The van der Waals surface area contributed by atoms with E-state index >= 15 is 0 Å². The van der Waals surface area contributed by atoms with Crippen molar-refractivity contribution in [1.29, 1.82) is 0 Å². The molecule has 0 radical (unpaired) electrons. The molecule has 1 aromatic rings. The SMILES string of the molecule is FC(F)COCCOc1ccccc1CNC1CC1. The molecule has 0 heterocycles. The quantitative estimate of drug-likeness (QED) is 0.700. The summed E-state index contributed by atoms with van der Waals surface area (Å²) in [5, 5.41) is 3.42. The molecule has 19 heavy (non-hydrogen) atoms. The summed E-state index contributed by atoms with van der Waals surface area (Å²) >= 11 is 0. The predicted molar refractivity (Wildman–Crippen MR) is 68.6 cm³/mol. The maximum Gasteiger partial charge on any atom is 0.261 e. The lowest BCUT2D eigenvalue weighted by Crippen LogP contribution is -2.17. The van der Waals surface area contributed by atoms with E-state index in [1.165, 1.54) is 12.8 Å². The average molecular weight is 271 g/mol. The van der Waals surface area contributed by atoms with Crippen molar-refractivity contribution in [3.05, 3.63) is 29.8 Å². The Labute approximate surface area is 111 Å². The lowest BCUT2D eigenvalue weighted by molar-refractivity contribution is 0.00754. The van der Waals surface area contributed by atoms with Crippen molar-refractivity contribution in [2.75, 3.05) is 19.8 Å². The normalized spacial score (nSPS) is 14.9. The third kappa shape index (κ3) is 5.53. The van der Waals surface area contributed by atoms with Crippen LogP contribution in [0.2, 0.25) is 0 Å². The van der Waals surface area contributed by atoms with E-state index in [4.69, 9.17) is 9.47 Å². The zero-order valence-corrected chi connectivity index (χ0v) is 10.8. The molecule has 0 aromatic heterocycles. The fraction of sp³-hybridized carbons (Fsp3) is 0.571. The predicted octanol–water partition coefficient (Wildman–Crippen LogP) is 2.60. The van der Waals surface area contributed by atoms with Crippen molar-refractivity contribution in [2.24, 2.45) is 0 Å². The number of rotatable bonds is 9. The molecule has 1 aliphatic carbocycles. The van der Waals surface area contributed by atoms with E-state index in [1.807, 2.05) is 24.3 Å². The lowest BCUT2D eigenvalue weighted by Gasteiger charge is -2.12. The maximum atomic E-state index is 11.9. The highest BCUT2D eigenvalue weighted by Crippen LogP contribution is 2.22. The van der Waals surface area contributed by atoms with E-state index in [0.717, 1.165) is 17.9 Å². The van der Waals surface area contributed by atoms with Gasteiger partial charge in [-0.25, -0.2) is 8.78 Å². The van der Waals surface area contributed by atoms with Crippen LogP contribution < -0.4 is 10.1 Å². The van der Waals surface area contributed by atoms with Gasteiger partial charge < -0.3 is 14.8 Å². The van der Waals surface area contributed by atoms with Gasteiger partial charge in [-0.3, -0.25) is 0 Å². The number of hydrogen-bond donors (Lipinski definition) is 1. The monoisotopic (exact) mass is 271 g/mol. The van der Waals surface area contributed by atoms with Gasteiger partial charge in [0.25, 0.3) is 6.43 Å². The van der Waals surface area contributed by atoms with Gasteiger partial charge in [-0.05, 0) is 18.9 Å². The molecule has 3 nitrogen and oxygen atoms in total. The zero-order valence-electron chi connectivity index (χ0n) is 10.8. The Morgan fingerprint density at radius 2 is 2.00 bits per heavy atom. The lowest BCUT2D eigenvalue weighted by atomic mass is 10.2. The van der Waals surface area contributed by atoms with Crippen molar-refractivity contribution >= 4 is 0 Å². The molecular weight excluding hydrogens is 252 g/mol. The van der Waals surface area contributed by atoms with Crippen molar-refractivity contribution in [3.63, 3.8) is 0 Å². The van der Waals surface area contributed by atoms with E-state index in [-0.39, 0.29) is 13.2 Å². The number of nitrogens with one attached hydrogen (secondary N) is 1. The van der Waals surface area contributed by atoms with Gasteiger partial charge in [-0.1, -0.05) is 18.2 Å². The smallest absolute Gasteiger partial charge is 0.261 e. The van der Waals surface area contributed by atoms with Crippen molar-refractivity contribution in [3.8, 4) is 5.75 Å². The number of alkyl halides is 2. The number of ether oxygens (including phenoxy) is 2. The summed E-state index contributed by atoms with van der Waals surface area (Å²) in [7, 11) is 0. The molecule has 0 bridgehead atoms. The Hall–Kier alpha value is -1.20. The minimum Gasteiger partial charge on any atom is -0.491 e. The van der Waals surface area contributed by atoms with E-state index in [1.54, 1.807) is 0 Å². The summed E-state index contributed by atoms with van der Waals surface area (Å²) in [4.78, 5) is 0. The molecule has 0 saturated heterocycles. The Bertz CT molecular complexity index is 383. The minimum atomic E-state index is -2.42. The molecule has 1 fully saturated rings. The van der Waals surface area contributed by atoms with Crippen LogP contribution in [0, 0.1) is 0 Å². The van der Waals surface area contributed by atoms with Gasteiger partial charge in [0.1, 0.15) is 19.0 Å². The molecule has 1 saturated carbocycles. The second-order valence-corrected chi connectivity index (χ2v) is 4.58. The molecular formula is C14H19F2NO2. The fourth-order valence-electron chi connectivity index (χ4n) is 1.72.